The van der Waals surface area contributed by atoms with Gasteiger partial charge in [0.25, 0.3) is 0 Å². The molecule has 0 aromatic rings. The van der Waals surface area contributed by atoms with Crippen LogP contribution in [0.5, 0.6) is 0 Å². The second kappa shape index (κ2) is 4.79. The molecule has 78 valence electrons. The van der Waals surface area contributed by atoms with Gasteiger partial charge in [-0.2, -0.15) is 0 Å². The normalized spacial score (nSPS) is 22.2. The van der Waals surface area contributed by atoms with Crippen LogP contribution < -0.4 is 0 Å². The van der Waals surface area contributed by atoms with Crippen LogP contribution in [0.15, 0.2) is 12.2 Å². The Kier molecular flexibility index (Phi) is 3.68. The first kappa shape index (κ1) is 10.8. The molecule has 0 aromatic carbocycles. The van der Waals surface area contributed by atoms with Crippen molar-refractivity contribution < 1.29 is 14.7 Å². The summed E-state index contributed by atoms with van der Waals surface area (Å²) in [6, 6.07) is 0. The molecule has 0 aromatic heterocycles. The molecule has 4 nitrogen and oxygen atoms in total. The predicted octanol–water partition coefficient (Wildman–Crippen LogP) is 0.886. The topological polar surface area (TPSA) is 57.6 Å². The lowest BCUT2D eigenvalue weighted by Crippen LogP contribution is -2.27. The molecule has 1 aliphatic heterocycles. The van der Waals surface area contributed by atoms with Crippen molar-refractivity contribution in [3.05, 3.63) is 12.2 Å². The van der Waals surface area contributed by atoms with E-state index in [4.69, 9.17) is 5.11 Å². The molecule has 1 amide bonds. The summed E-state index contributed by atoms with van der Waals surface area (Å²) < 4.78 is 0. The van der Waals surface area contributed by atoms with Gasteiger partial charge in [-0.3, -0.25) is 9.59 Å². The third-order valence-corrected chi connectivity index (χ3v) is 2.37. The van der Waals surface area contributed by atoms with E-state index in [1.54, 1.807) is 4.90 Å². The molecule has 1 rings (SSSR count). The van der Waals surface area contributed by atoms with Gasteiger partial charge in [-0.05, 0) is 13.3 Å². The van der Waals surface area contributed by atoms with E-state index < -0.39 is 11.9 Å². The van der Waals surface area contributed by atoms with Crippen molar-refractivity contribution in [2.24, 2.45) is 5.92 Å². The van der Waals surface area contributed by atoms with E-state index >= 15 is 0 Å². The fourth-order valence-corrected chi connectivity index (χ4v) is 1.55. The number of likely N-dealkylation sites (tertiary alicyclic amines) is 1. The molecule has 4 heteroatoms. The van der Waals surface area contributed by atoms with Crippen LogP contribution in [0.3, 0.4) is 0 Å². The summed E-state index contributed by atoms with van der Waals surface area (Å²) in [5.74, 6) is -1.41. The summed E-state index contributed by atoms with van der Waals surface area (Å²) >= 11 is 0. The summed E-state index contributed by atoms with van der Waals surface area (Å²) in [5.41, 5.74) is 0. The van der Waals surface area contributed by atoms with Gasteiger partial charge in [-0.1, -0.05) is 12.2 Å². The third-order valence-electron chi connectivity index (χ3n) is 2.37. The van der Waals surface area contributed by atoms with E-state index in [1.807, 2.05) is 19.1 Å². The smallest absolute Gasteiger partial charge is 0.308 e. The Labute approximate surface area is 83.2 Å². The predicted molar refractivity (Wildman–Crippen MR) is 51.8 cm³/mol. The zero-order valence-electron chi connectivity index (χ0n) is 8.27. The van der Waals surface area contributed by atoms with E-state index in [0.717, 1.165) is 6.42 Å². The van der Waals surface area contributed by atoms with Crippen LogP contribution in [-0.4, -0.2) is 35.0 Å². The van der Waals surface area contributed by atoms with Crippen molar-refractivity contribution in [2.45, 2.75) is 19.8 Å². The lowest BCUT2D eigenvalue weighted by molar-refractivity contribution is -0.141. The largest absolute Gasteiger partial charge is 0.481 e. The van der Waals surface area contributed by atoms with Crippen LogP contribution in [0.1, 0.15) is 19.8 Å². The SMILES string of the molecule is C/C=C/CCN1CC(C(=O)O)CC1=O. The second-order valence-corrected chi connectivity index (χ2v) is 3.44. The summed E-state index contributed by atoms with van der Waals surface area (Å²) in [4.78, 5) is 23.6. The van der Waals surface area contributed by atoms with Gasteiger partial charge in [0, 0.05) is 19.5 Å². The molecule has 1 saturated heterocycles. The molecule has 1 aliphatic rings. The molecule has 0 spiro atoms. The van der Waals surface area contributed by atoms with Crippen LogP contribution in [0.4, 0.5) is 0 Å². The first-order valence-electron chi connectivity index (χ1n) is 4.77. The Morgan fingerprint density at radius 3 is 2.93 bits per heavy atom. The van der Waals surface area contributed by atoms with Crippen LogP contribution in [0.25, 0.3) is 0 Å². The minimum Gasteiger partial charge on any atom is -0.481 e. The molecule has 0 saturated carbocycles. The molecule has 1 unspecified atom stereocenters. The number of carbonyl (C=O) groups is 2. The van der Waals surface area contributed by atoms with Crippen molar-refractivity contribution >= 4 is 11.9 Å². The highest BCUT2D eigenvalue weighted by Crippen LogP contribution is 2.17. The maximum absolute atomic E-state index is 11.3. The highest BCUT2D eigenvalue weighted by atomic mass is 16.4. The van der Waals surface area contributed by atoms with Gasteiger partial charge in [0.2, 0.25) is 5.91 Å². The van der Waals surface area contributed by atoms with Gasteiger partial charge >= 0.3 is 5.97 Å². The maximum atomic E-state index is 11.3. The van der Waals surface area contributed by atoms with Crippen LogP contribution in [-0.2, 0) is 9.59 Å². The Morgan fingerprint density at radius 2 is 2.43 bits per heavy atom. The van der Waals surface area contributed by atoms with Crippen molar-refractivity contribution in [1.82, 2.24) is 4.90 Å². The van der Waals surface area contributed by atoms with Crippen LogP contribution in [0.2, 0.25) is 0 Å². The monoisotopic (exact) mass is 197 g/mol. The number of hydrogen-bond acceptors (Lipinski definition) is 2. The number of aliphatic carboxylic acids is 1. The standard InChI is InChI=1S/C10H15NO3/c1-2-3-4-5-11-7-8(10(13)14)6-9(11)12/h2-3,8H,4-7H2,1H3,(H,13,14)/b3-2+. The van der Waals surface area contributed by atoms with E-state index in [9.17, 15) is 9.59 Å². The highest BCUT2D eigenvalue weighted by Gasteiger charge is 2.33. The number of carbonyl (C=O) groups excluding carboxylic acids is 1. The highest BCUT2D eigenvalue weighted by molar-refractivity contribution is 5.86. The van der Waals surface area contributed by atoms with Crippen molar-refractivity contribution in [3.8, 4) is 0 Å². The van der Waals surface area contributed by atoms with Gasteiger partial charge in [0.1, 0.15) is 0 Å². The third kappa shape index (κ3) is 2.58. The fourth-order valence-electron chi connectivity index (χ4n) is 1.55. The molecule has 1 N–H and O–H groups in total. The van der Waals surface area contributed by atoms with Crippen molar-refractivity contribution in [1.29, 1.82) is 0 Å². The second-order valence-electron chi connectivity index (χ2n) is 3.44. The summed E-state index contributed by atoms with van der Waals surface area (Å²) in [6.45, 7) is 2.92. The maximum Gasteiger partial charge on any atom is 0.308 e. The zero-order chi connectivity index (χ0) is 10.6. The van der Waals surface area contributed by atoms with Gasteiger partial charge in [0.15, 0.2) is 0 Å². The number of allylic oxidation sites excluding steroid dienone is 1. The molecular formula is C10H15NO3. The number of amides is 1. The minimum atomic E-state index is -0.869. The first-order valence-corrected chi connectivity index (χ1v) is 4.77. The quantitative estimate of drug-likeness (QED) is 0.681. The van der Waals surface area contributed by atoms with Crippen molar-refractivity contribution in [2.75, 3.05) is 13.1 Å². The van der Waals surface area contributed by atoms with E-state index in [0.29, 0.717) is 13.1 Å². The van der Waals surface area contributed by atoms with Crippen LogP contribution in [0, 0.1) is 5.92 Å². The van der Waals surface area contributed by atoms with Crippen LogP contribution >= 0.6 is 0 Å². The molecule has 0 aliphatic carbocycles. The lowest BCUT2D eigenvalue weighted by Gasteiger charge is -2.14. The molecule has 14 heavy (non-hydrogen) atoms. The summed E-state index contributed by atoms with van der Waals surface area (Å²) in [5, 5.41) is 8.73. The zero-order valence-corrected chi connectivity index (χ0v) is 8.27. The number of hydrogen-bond donors (Lipinski definition) is 1. The van der Waals surface area contributed by atoms with Gasteiger partial charge in [-0.15, -0.1) is 0 Å². The molecule has 0 radical (unpaired) electrons. The van der Waals surface area contributed by atoms with E-state index in [-0.39, 0.29) is 12.3 Å². The molecule has 1 fully saturated rings. The summed E-state index contributed by atoms with van der Waals surface area (Å²) in [7, 11) is 0. The number of rotatable bonds is 4. The molecule has 1 atom stereocenters. The fraction of sp³-hybridized carbons (Fsp3) is 0.600. The Hall–Kier alpha value is -1.32. The number of nitrogens with zero attached hydrogens (tertiary/aromatic N) is 1. The first-order chi connectivity index (χ1) is 6.65. The molecule has 1 heterocycles. The van der Waals surface area contributed by atoms with E-state index in [2.05, 4.69) is 0 Å². The van der Waals surface area contributed by atoms with Gasteiger partial charge in [0.05, 0.1) is 5.92 Å². The Bertz CT molecular complexity index is 260. The minimum absolute atomic E-state index is 0.0399. The average molecular weight is 197 g/mol. The molecular weight excluding hydrogens is 182 g/mol. The van der Waals surface area contributed by atoms with Crippen molar-refractivity contribution in [3.63, 3.8) is 0 Å². The van der Waals surface area contributed by atoms with Gasteiger partial charge < -0.3 is 10.0 Å². The number of carboxylic acid groups (broad SMARTS) is 1. The Morgan fingerprint density at radius 1 is 1.71 bits per heavy atom. The van der Waals surface area contributed by atoms with Gasteiger partial charge in [-0.25, -0.2) is 0 Å². The summed E-state index contributed by atoms with van der Waals surface area (Å²) in [6.07, 6.45) is 4.86. The number of carboxylic acids is 1. The Balaban J connectivity index is 2.40. The average Bonchev–Trinajstić information content (AvgIpc) is 2.49. The van der Waals surface area contributed by atoms with E-state index in [1.165, 1.54) is 0 Å². The molecule has 0 bridgehead atoms. The lowest BCUT2D eigenvalue weighted by atomic mass is 10.1.